The van der Waals surface area contributed by atoms with Crippen LogP contribution in [0.25, 0.3) is 0 Å². The molecule has 0 unspecified atom stereocenters. The number of benzene rings is 4. The maximum Gasteiger partial charge on any atom is 0.573 e. The second-order valence-corrected chi connectivity index (χ2v) is 9.69. The van der Waals surface area contributed by atoms with E-state index in [0.717, 1.165) is 36.6 Å². The maximum absolute atomic E-state index is 14.8. The van der Waals surface area contributed by atoms with Crippen molar-refractivity contribution in [3.05, 3.63) is 129 Å². The van der Waals surface area contributed by atoms with Crippen molar-refractivity contribution in [2.75, 3.05) is 0 Å². The Morgan fingerprint density at radius 2 is 1.17 bits per heavy atom. The minimum absolute atomic E-state index is 0.0252. The second kappa shape index (κ2) is 13.9. The first-order chi connectivity index (χ1) is 21.6. The first kappa shape index (κ1) is 33.8. The molecule has 0 atom stereocenters. The van der Waals surface area contributed by atoms with Crippen LogP contribution in [0.4, 0.5) is 43.9 Å². The predicted molar refractivity (Wildman–Crippen MR) is 147 cm³/mol. The lowest BCUT2D eigenvalue weighted by Crippen LogP contribution is -2.23. The van der Waals surface area contributed by atoms with E-state index < -0.39 is 69.7 Å². The van der Waals surface area contributed by atoms with Gasteiger partial charge in [-0.1, -0.05) is 43.1 Å². The first-order valence-electron chi connectivity index (χ1n) is 13.4. The van der Waals surface area contributed by atoms with E-state index in [-0.39, 0.29) is 11.1 Å². The average molecular weight is 651 g/mol. The highest BCUT2D eigenvalue weighted by Gasteiger charge is 2.38. The zero-order valence-corrected chi connectivity index (χ0v) is 23.6. The zero-order valence-electron chi connectivity index (χ0n) is 23.6. The highest BCUT2D eigenvalue weighted by atomic mass is 19.4. The molecule has 0 radical (unpaired) electrons. The van der Waals surface area contributed by atoms with Crippen LogP contribution in [0, 0.1) is 52.8 Å². The van der Waals surface area contributed by atoms with Crippen molar-refractivity contribution in [2.24, 2.45) is 0 Å². The van der Waals surface area contributed by atoms with E-state index in [1.165, 1.54) is 12.1 Å². The number of ether oxygens (including phenoxy) is 2. The van der Waals surface area contributed by atoms with E-state index in [1.54, 1.807) is 6.07 Å². The lowest BCUT2D eigenvalue weighted by molar-refractivity contribution is -0.276. The summed E-state index contributed by atoms with van der Waals surface area (Å²) in [5.41, 5.74) is -1.32. The molecule has 4 rings (SSSR count). The van der Waals surface area contributed by atoms with E-state index in [1.807, 2.05) is 6.92 Å². The Morgan fingerprint density at radius 3 is 1.74 bits per heavy atom. The molecular weight excluding hydrogens is 630 g/mol. The van der Waals surface area contributed by atoms with Gasteiger partial charge in [0.2, 0.25) is 5.75 Å². The molecule has 238 valence electrons. The standard InChI is InChI=1S/C34H20F10O2/c1-2-3-4-20-5-9-23(27(35)15-20)10-6-21-8-14-26(29(37)16-21)33(40,41)45-25-13-12-24(28(36)19-25)11-7-22-17-30(38)32(31(39)18-22)46-34(42,43)44/h5,8-9,12-19H,2-4H2,1H3. The van der Waals surface area contributed by atoms with Crippen molar-refractivity contribution < 1.29 is 53.4 Å². The van der Waals surface area contributed by atoms with Crippen LogP contribution in [-0.2, 0) is 12.5 Å². The molecule has 0 aliphatic heterocycles. The summed E-state index contributed by atoms with van der Waals surface area (Å²) in [4.78, 5) is 0. The molecule has 12 heteroatoms. The van der Waals surface area contributed by atoms with E-state index in [9.17, 15) is 43.9 Å². The smallest absolute Gasteiger partial charge is 0.429 e. The van der Waals surface area contributed by atoms with Crippen LogP contribution in [0.1, 0.15) is 53.1 Å². The maximum atomic E-state index is 14.8. The summed E-state index contributed by atoms with van der Waals surface area (Å²) in [7, 11) is 0. The van der Waals surface area contributed by atoms with E-state index in [0.29, 0.717) is 36.8 Å². The zero-order chi connectivity index (χ0) is 33.6. The largest absolute Gasteiger partial charge is 0.573 e. The van der Waals surface area contributed by atoms with Crippen molar-refractivity contribution in [1.82, 2.24) is 0 Å². The van der Waals surface area contributed by atoms with Crippen LogP contribution in [-0.4, -0.2) is 6.36 Å². The molecule has 0 heterocycles. The molecule has 0 fully saturated rings. The van der Waals surface area contributed by atoms with Gasteiger partial charge in [0.15, 0.2) is 11.6 Å². The third-order valence-corrected chi connectivity index (χ3v) is 6.22. The molecular formula is C34H20F10O2. The second-order valence-electron chi connectivity index (χ2n) is 9.69. The number of aryl methyl sites for hydroxylation is 1. The monoisotopic (exact) mass is 650 g/mol. The molecule has 0 saturated heterocycles. The van der Waals surface area contributed by atoms with Crippen LogP contribution in [0.15, 0.2) is 66.7 Å². The lowest BCUT2D eigenvalue weighted by atomic mass is 10.1. The van der Waals surface area contributed by atoms with Crippen LogP contribution >= 0.6 is 0 Å². The van der Waals surface area contributed by atoms with Crippen molar-refractivity contribution in [3.63, 3.8) is 0 Å². The van der Waals surface area contributed by atoms with Gasteiger partial charge in [-0.15, -0.1) is 13.2 Å². The van der Waals surface area contributed by atoms with Gasteiger partial charge in [-0.3, -0.25) is 0 Å². The van der Waals surface area contributed by atoms with Gasteiger partial charge in [-0.2, -0.15) is 8.78 Å². The number of hydrogen-bond acceptors (Lipinski definition) is 2. The fourth-order valence-electron chi connectivity index (χ4n) is 4.01. The molecule has 4 aromatic rings. The minimum atomic E-state index is -5.36. The van der Waals surface area contributed by atoms with E-state index in [2.05, 4.69) is 33.2 Å². The normalized spacial score (nSPS) is 11.3. The third-order valence-electron chi connectivity index (χ3n) is 6.22. The van der Waals surface area contributed by atoms with Crippen molar-refractivity contribution in [3.8, 4) is 35.2 Å². The Bertz CT molecular complexity index is 1850. The average Bonchev–Trinajstić information content (AvgIpc) is 2.96. The number of hydrogen-bond donors (Lipinski definition) is 0. The third kappa shape index (κ3) is 8.75. The van der Waals surface area contributed by atoms with Gasteiger partial charge >= 0.3 is 12.5 Å². The Balaban J connectivity index is 1.47. The summed E-state index contributed by atoms with van der Waals surface area (Å²) >= 11 is 0. The predicted octanol–water partition coefficient (Wildman–Crippen LogP) is 9.55. The molecule has 46 heavy (non-hydrogen) atoms. The topological polar surface area (TPSA) is 18.5 Å². The molecule has 0 N–H and O–H groups in total. The quantitative estimate of drug-likeness (QED) is 0.147. The van der Waals surface area contributed by atoms with E-state index >= 15 is 0 Å². The number of halogens is 10. The molecule has 0 aliphatic carbocycles. The fraction of sp³-hybridized carbons (Fsp3) is 0.176. The van der Waals surface area contributed by atoms with E-state index in [4.69, 9.17) is 0 Å². The van der Waals surface area contributed by atoms with Crippen LogP contribution < -0.4 is 9.47 Å². The summed E-state index contributed by atoms with van der Waals surface area (Å²) in [5, 5.41) is 0. The van der Waals surface area contributed by atoms with Crippen molar-refractivity contribution in [1.29, 1.82) is 0 Å². The molecule has 0 spiro atoms. The minimum Gasteiger partial charge on any atom is -0.429 e. The summed E-state index contributed by atoms with van der Waals surface area (Å²) in [5.74, 6) is 0.292. The first-order valence-corrected chi connectivity index (χ1v) is 13.4. The highest BCUT2D eigenvalue weighted by molar-refractivity contribution is 5.48. The Kier molecular flexibility index (Phi) is 10.2. The van der Waals surface area contributed by atoms with Gasteiger partial charge in [-0.05, 0) is 73.0 Å². The Hall–Kier alpha value is -5.10. The number of unbranched alkanes of at least 4 members (excludes halogenated alkanes) is 1. The summed E-state index contributed by atoms with van der Waals surface area (Å²) in [6.07, 6.45) is -7.11. The van der Waals surface area contributed by atoms with Gasteiger partial charge in [0.05, 0.1) is 11.1 Å². The van der Waals surface area contributed by atoms with Crippen molar-refractivity contribution >= 4 is 0 Å². The van der Waals surface area contributed by atoms with Crippen molar-refractivity contribution in [2.45, 2.75) is 38.7 Å². The van der Waals surface area contributed by atoms with Gasteiger partial charge in [0, 0.05) is 17.2 Å². The fourth-order valence-corrected chi connectivity index (χ4v) is 4.01. The molecule has 0 aromatic heterocycles. The highest BCUT2D eigenvalue weighted by Crippen LogP contribution is 2.34. The molecule has 0 aliphatic rings. The summed E-state index contributed by atoms with van der Waals surface area (Å²) in [6, 6.07) is 10.1. The van der Waals surface area contributed by atoms with Gasteiger partial charge in [0.1, 0.15) is 28.8 Å². The summed E-state index contributed by atoms with van der Waals surface area (Å²) in [6.45, 7) is 2.01. The van der Waals surface area contributed by atoms with Gasteiger partial charge in [-0.25, -0.2) is 22.0 Å². The Labute approximate surface area is 256 Å². The van der Waals surface area contributed by atoms with Crippen LogP contribution in [0.2, 0.25) is 0 Å². The number of alkyl halides is 5. The molecule has 0 saturated carbocycles. The molecule has 0 bridgehead atoms. The summed E-state index contributed by atoms with van der Waals surface area (Å²) < 4.78 is 146. The molecule has 2 nitrogen and oxygen atoms in total. The molecule has 4 aromatic carbocycles. The SMILES string of the molecule is CCCCc1ccc(C#Cc2ccc(C(F)(F)Oc3ccc(C#Cc4cc(F)c(OC(F)(F)F)c(F)c4)c(F)c3)c(F)c2)c(F)c1. The molecule has 0 amide bonds. The van der Waals surface area contributed by atoms with Gasteiger partial charge < -0.3 is 9.47 Å². The lowest BCUT2D eigenvalue weighted by Gasteiger charge is -2.19. The van der Waals surface area contributed by atoms with Crippen LogP contribution in [0.5, 0.6) is 11.5 Å². The van der Waals surface area contributed by atoms with Crippen LogP contribution in [0.3, 0.4) is 0 Å². The number of rotatable bonds is 7. The Morgan fingerprint density at radius 1 is 0.587 bits per heavy atom. The van der Waals surface area contributed by atoms with Gasteiger partial charge in [0.25, 0.3) is 0 Å².